The number of hydrogen-bond acceptors (Lipinski definition) is 6. The van der Waals surface area contributed by atoms with Crippen LogP contribution >= 0.6 is 11.8 Å². The van der Waals surface area contributed by atoms with Gasteiger partial charge < -0.3 is 13.9 Å². The van der Waals surface area contributed by atoms with Gasteiger partial charge in [0.05, 0.1) is 12.0 Å². The fourth-order valence-electron chi connectivity index (χ4n) is 1.53. The molecule has 0 amide bonds. The van der Waals surface area contributed by atoms with Gasteiger partial charge in [0, 0.05) is 4.90 Å². The zero-order valence-corrected chi connectivity index (χ0v) is 10.6. The molecule has 1 N–H and O–H groups in total. The third kappa shape index (κ3) is 2.79. The molecule has 0 radical (unpaired) electrons. The molecule has 2 heterocycles. The van der Waals surface area contributed by atoms with Crippen molar-refractivity contribution in [2.75, 3.05) is 0 Å². The fraction of sp³-hybridized carbons (Fsp3) is 0.0769. The van der Waals surface area contributed by atoms with Crippen LogP contribution in [0.15, 0.2) is 56.4 Å². The highest BCUT2D eigenvalue weighted by atomic mass is 32.2. The van der Waals surface area contributed by atoms with Crippen LogP contribution in [0.4, 0.5) is 0 Å². The second-order valence-electron chi connectivity index (χ2n) is 3.76. The molecule has 19 heavy (non-hydrogen) atoms. The molecule has 0 saturated carbocycles. The van der Waals surface area contributed by atoms with Crippen molar-refractivity contribution in [1.29, 1.82) is 0 Å². The number of aromatic nitrogens is 2. The maximum absolute atomic E-state index is 9.36. The van der Waals surface area contributed by atoms with Crippen molar-refractivity contribution in [2.24, 2.45) is 0 Å². The fourth-order valence-corrected chi connectivity index (χ4v) is 2.32. The van der Waals surface area contributed by atoms with Crippen molar-refractivity contribution >= 4 is 11.8 Å². The van der Waals surface area contributed by atoms with Crippen LogP contribution in [0.2, 0.25) is 0 Å². The Kier molecular flexibility index (Phi) is 3.24. The standard InChI is InChI=1S/C13H10N2O3S/c16-9-3-1-4-10(7-9)19-8-12-14-15-13(18-12)11-5-2-6-17-11/h1-7,16H,8H2. The molecule has 0 aliphatic carbocycles. The molecular formula is C13H10N2O3S. The summed E-state index contributed by atoms with van der Waals surface area (Å²) in [5, 5.41) is 17.2. The molecule has 6 heteroatoms. The number of nitrogens with zero attached hydrogens (tertiary/aromatic N) is 2. The van der Waals surface area contributed by atoms with E-state index in [1.165, 1.54) is 11.8 Å². The summed E-state index contributed by atoms with van der Waals surface area (Å²) < 4.78 is 10.7. The average Bonchev–Trinajstić information content (AvgIpc) is 3.07. The summed E-state index contributed by atoms with van der Waals surface area (Å²) in [6.45, 7) is 0. The number of furan rings is 1. The molecule has 3 rings (SSSR count). The van der Waals surface area contributed by atoms with E-state index in [4.69, 9.17) is 8.83 Å². The lowest BCUT2D eigenvalue weighted by atomic mass is 10.3. The van der Waals surface area contributed by atoms with Gasteiger partial charge in [-0.3, -0.25) is 0 Å². The Morgan fingerprint density at radius 2 is 2.11 bits per heavy atom. The van der Waals surface area contributed by atoms with Crippen molar-refractivity contribution in [3.8, 4) is 17.4 Å². The van der Waals surface area contributed by atoms with Gasteiger partial charge in [0.25, 0.3) is 5.89 Å². The van der Waals surface area contributed by atoms with E-state index < -0.39 is 0 Å². The van der Waals surface area contributed by atoms with Gasteiger partial charge in [-0.2, -0.15) is 0 Å². The van der Waals surface area contributed by atoms with Crippen molar-refractivity contribution in [2.45, 2.75) is 10.6 Å². The van der Waals surface area contributed by atoms with Crippen LogP contribution in [0.25, 0.3) is 11.7 Å². The van der Waals surface area contributed by atoms with Crippen LogP contribution in [-0.2, 0) is 5.75 Å². The van der Waals surface area contributed by atoms with Gasteiger partial charge in [0.15, 0.2) is 5.76 Å². The van der Waals surface area contributed by atoms with E-state index >= 15 is 0 Å². The smallest absolute Gasteiger partial charge is 0.283 e. The largest absolute Gasteiger partial charge is 0.508 e. The Bertz CT molecular complexity index is 664. The lowest BCUT2D eigenvalue weighted by Crippen LogP contribution is -1.80. The molecular weight excluding hydrogens is 264 g/mol. The third-order valence-electron chi connectivity index (χ3n) is 2.38. The molecule has 96 valence electrons. The van der Waals surface area contributed by atoms with Crippen molar-refractivity contribution in [3.05, 3.63) is 48.6 Å². The molecule has 1 aromatic carbocycles. The van der Waals surface area contributed by atoms with Crippen LogP contribution in [0.1, 0.15) is 5.89 Å². The Labute approximate surface area is 113 Å². The van der Waals surface area contributed by atoms with Crippen LogP contribution in [0, 0.1) is 0 Å². The lowest BCUT2D eigenvalue weighted by Gasteiger charge is -1.98. The molecule has 0 spiro atoms. The van der Waals surface area contributed by atoms with Gasteiger partial charge in [-0.15, -0.1) is 22.0 Å². The highest BCUT2D eigenvalue weighted by Crippen LogP contribution is 2.26. The number of rotatable bonds is 4. The zero-order chi connectivity index (χ0) is 13.1. The number of hydrogen-bond donors (Lipinski definition) is 1. The van der Waals surface area contributed by atoms with Crippen LogP contribution in [0.5, 0.6) is 5.75 Å². The third-order valence-corrected chi connectivity index (χ3v) is 3.36. The van der Waals surface area contributed by atoms with Gasteiger partial charge in [0.1, 0.15) is 5.75 Å². The summed E-state index contributed by atoms with van der Waals surface area (Å²) in [7, 11) is 0. The van der Waals surface area contributed by atoms with Gasteiger partial charge >= 0.3 is 0 Å². The quantitative estimate of drug-likeness (QED) is 0.736. The molecule has 0 aliphatic rings. The average molecular weight is 274 g/mol. The monoisotopic (exact) mass is 274 g/mol. The Morgan fingerprint density at radius 3 is 2.89 bits per heavy atom. The molecule has 0 unspecified atom stereocenters. The number of phenolic OH excluding ortho intramolecular Hbond substituents is 1. The molecule has 0 fully saturated rings. The summed E-state index contributed by atoms with van der Waals surface area (Å²) in [6, 6.07) is 10.6. The summed E-state index contributed by atoms with van der Waals surface area (Å²) >= 11 is 1.51. The lowest BCUT2D eigenvalue weighted by molar-refractivity contribution is 0.473. The summed E-state index contributed by atoms with van der Waals surface area (Å²) in [5.41, 5.74) is 0. The first-order valence-electron chi connectivity index (χ1n) is 5.59. The summed E-state index contributed by atoms with van der Waals surface area (Å²) in [6.07, 6.45) is 1.56. The highest BCUT2D eigenvalue weighted by molar-refractivity contribution is 7.98. The highest BCUT2D eigenvalue weighted by Gasteiger charge is 2.10. The Morgan fingerprint density at radius 1 is 1.16 bits per heavy atom. The van der Waals surface area contributed by atoms with E-state index in [9.17, 15) is 5.11 Å². The maximum Gasteiger partial charge on any atom is 0.283 e. The van der Waals surface area contributed by atoms with Crippen molar-refractivity contribution in [3.63, 3.8) is 0 Å². The maximum atomic E-state index is 9.36. The van der Waals surface area contributed by atoms with E-state index in [2.05, 4.69) is 10.2 Å². The minimum absolute atomic E-state index is 0.242. The van der Waals surface area contributed by atoms with Crippen LogP contribution in [-0.4, -0.2) is 15.3 Å². The molecule has 0 bridgehead atoms. The van der Waals surface area contributed by atoms with Gasteiger partial charge in [0.2, 0.25) is 5.89 Å². The van der Waals surface area contributed by atoms with Gasteiger partial charge in [-0.25, -0.2) is 0 Å². The van der Waals surface area contributed by atoms with Crippen molar-refractivity contribution in [1.82, 2.24) is 10.2 Å². The SMILES string of the molecule is Oc1cccc(SCc2nnc(-c3ccco3)o2)c1. The first-order valence-corrected chi connectivity index (χ1v) is 6.58. The number of thioether (sulfide) groups is 1. The van der Waals surface area contributed by atoms with E-state index in [0.29, 0.717) is 23.3 Å². The molecule has 2 aromatic heterocycles. The topological polar surface area (TPSA) is 72.3 Å². The number of benzene rings is 1. The summed E-state index contributed by atoms with van der Waals surface area (Å²) in [5.74, 6) is 2.22. The van der Waals surface area contributed by atoms with E-state index in [-0.39, 0.29) is 5.75 Å². The predicted molar refractivity (Wildman–Crippen MR) is 69.7 cm³/mol. The first kappa shape index (κ1) is 11.9. The van der Waals surface area contributed by atoms with Crippen LogP contribution in [0.3, 0.4) is 0 Å². The second-order valence-corrected chi connectivity index (χ2v) is 4.81. The Balaban J connectivity index is 1.68. The zero-order valence-electron chi connectivity index (χ0n) is 9.81. The predicted octanol–water partition coefficient (Wildman–Crippen LogP) is 3.33. The molecule has 0 aliphatic heterocycles. The van der Waals surface area contributed by atoms with Crippen molar-refractivity contribution < 1.29 is 13.9 Å². The minimum Gasteiger partial charge on any atom is -0.508 e. The second kappa shape index (κ2) is 5.19. The first-order chi connectivity index (χ1) is 9.31. The summed E-state index contributed by atoms with van der Waals surface area (Å²) in [4.78, 5) is 0.942. The van der Waals surface area contributed by atoms with Gasteiger partial charge in [-0.05, 0) is 30.3 Å². The normalized spacial score (nSPS) is 10.7. The van der Waals surface area contributed by atoms with E-state index in [1.807, 2.05) is 6.07 Å². The van der Waals surface area contributed by atoms with E-state index in [0.717, 1.165) is 4.90 Å². The molecule has 0 saturated heterocycles. The van der Waals surface area contributed by atoms with Crippen LogP contribution < -0.4 is 0 Å². The van der Waals surface area contributed by atoms with E-state index in [1.54, 1.807) is 36.6 Å². The number of aromatic hydroxyl groups is 1. The van der Waals surface area contributed by atoms with Gasteiger partial charge in [-0.1, -0.05) is 6.07 Å². The molecule has 5 nitrogen and oxygen atoms in total. The minimum atomic E-state index is 0.242. The Hall–Kier alpha value is -2.21. The number of phenols is 1. The molecule has 0 atom stereocenters. The molecule has 3 aromatic rings.